The lowest BCUT2D eigenvalue weighted by Gasteiger charge is -2.39. The van der Waals surface area contributed by atoms with E-state index in [-0.39, 0.29) is 41.3 Å². The van der Waals surface area contributed by atoms with Gasteiger partial charge in [0.15, 0.2) is 5.82 Å². The lowest BCUT2D eigenvalue weighted by atomic mass is 9.94. The zero-order chi connectivity index (χ0) is 47.3. The van der Waals surface area contributed by atoms with E-state index in [9.17, 15) is 24.0 Å². The molecule has 3 fully saturated rings. The third-order valence-corrected chi connectivity index (χ3v) is 13.9. The van der Waals surface area contributed by atoms with Crippen LogP contribution >= 0.6 is 0 Å². The molecule has 6 heterocycles. The van der Waals surface area contributed by atoms with Gasteiger partial charge in [0.05, 0.1) is 22.3 Å². The van der Waals surface area contributed by atoms with Crippen molar-refractivity contribution in [3.8, 4) is 22.4 Å². The largest absolute Gasteiger partial charge is 0.381 e. The maximum absolute atomic E-state index is 13.4. The summed E-state index contributed by atoms with van der Waals surface area (Å²) in [4.78, 5) is 73.8. The molecule has 4 aliphatic heterocycles. The molecular weight excluding hydrogens is 861 g/mol. The number of benzene rings is 4. The van der Waals surface area contributed by atoms with Crippen LogP contribution in [0.25, 0.3) is 33.3 Å². The molecule has 0 radical (unpaired) electrons. The number of amides is 5. The molecule has 16 heteroatoms. The van der Waals surface area contributed by atoms with E-state index in [2.05, 4.69) is 89.5 Å². The van der Waals surface area contributed by atoms with Crippen molar-refractivity contribution in [2.24, 2.45) is 5.92 Å². The van der Waals surface area contributed by atoms with Crippen LogP contribution in [0.2, 0.25) is 0 Å². The molecule has 5 amide bonds. The zero-order valence-corrected chi connectivity index (χ0v) is 38.9. The van der Waals surface area contributed by atoms with Crippen molar-refractivity contribution in [2.75, 3.05) is 42.9 Å². The Morgan fingerprint density at radius 2 is 1.60 bits per heavy atom. The summed E-state index contributed by atoms with van der Waals surface area (Å²) in [5.74, 6) is -1.35. The van der Waals surface area contributed by atoms with Crippen LogP contribution in [-0.4, -0.2) is 104 Å². The van der Waals surface area contributed by atoms with Gasteiger partial charge in [0, 0.05) is 72.9 Å². The van der Waals surface area contributed by atoms with Crippen LogP contribution < -0.4 is 20.9 Å². The van der Waals surface area contributed by atoms with Gasteiger partial charge in [0.2, 0.25) is 11.8 Å². The number of hydrogen-bond acceptors (Lipinski definition) is 12. The molecule has 1 unspecified atom stereocenters. The normalized spacial score (nSPS) is 19.4. The molecule has 0 saturated carbocycles. The Hall–Kier alpha value is -7.20. The van der Waals surface area contributed by atoms with Gasteiger partial charge in [0.25, 0.3) is 11.8 Å². The smallest absolute Gasteiger partial charge is 0.315 e. The number of likely N-dealkylation sites (tertiary alicyclic amines) is 1. The second-order valence-corrected chi connectivity index (χ2v) is 19.8. The van der Waals surface area contributed by atoms with Crippen LogP contribution in [0.1, 0.15) is 108 Å². The maximum Gasteiger partial charge on any atom is 0.315 e. The average molecular weight is 917 g/mol. The number of hydrogen-bond donors (Lipinski definition) is 4. The van der Waals surface area contributed by atoms with E-state index >= 15 is 0 Å². The fraction of sp³-hybridized carbons (Fsp3) is 0.385. The number of aromatic amines is 1. The number of carbonyl (C=O) groups is 5. The number of anilines is 2. The predicted molar refractivity (Wildman–Crippen MR) is 257 cm³/mol. The topological polar surface area (TPSA) is 199 Å². The highest BCUT2D eigenvalue weighted by molar-refractivity contribution is 6.23. The number of aromatic nitrogens is 4. The Balaban J connectivity index is 0.715. The van der Waals surface area contributed by atoms with E-state index in [1.807, 2.05) is 45.9 Å². The van der Waals surface area contributed by atoms with E-state index in [4.69, 9.17) is 9.62 Å². The number of nitrogens with zero attached hydrogens (tertiary/aromatic N) is 6. The molecule has 2 aromatic heterocycles. The monoisotopic (exact) mass is 916 g/mol. The molecule has 0 spiro atoms. The first-order valence-electron chi connectivity index (χ1n) is 23.7. The van der Waals surface area contributed by atoms with Crippen molar-refractivity contribution in [2.45, 2.75) is 90.3 Å². The van der Waals surface area contributed by atoms with Crippen molar-refractivity contribution in [1.29, 1.82) is 0 Å². The molecular formula is C52H56N10O6. The number of nitrogens with one attached hydrogen (secondary N) is 4. The van der Waals surface area contributed by atoms with Crippen molar-refractivity contribution in [1.82, 2.24) is 40.8 Å². The van der Waals surface area contributed by atoms with Gasteiger partial charge in [-0.25, -0.2) is 0 Å². The molecule has 4 aromatic carbocycles. The highest BCUT2D eigenvalue weighted by atomic mass is 16.5. The van der Waals surface area contributed by atoms with Gasteiger partial charge in [-0.3, -0.25) is 39.3 Å². The molecule has 4 N–H and O–H groups in total. The maximum atomic E-state index is 13.4. The number of carbonyl (C=O) groups excluding carboxylic acids is 5. The molecule has 10 rings (SSSR count). The first-order valence-corrected chi connectivity index (χ1v) is 23.7. The van der Waals surface area contributed by atoms with Gasteiger partial charge in [-0.1, -0.05) is 56.3 Å². The van der Waals surface area contributed by atoms with E-state index in [1.165, 1.54) is 5.69 Å². The molecule has 16 nitrogen and oxygen atoms in total. The number of fused-ring (bicyclic) bond motifs is 2. The van der Waals surface area contributed by atoms with Gasteiger partial charge in [-0.2, -0.15) is 10.1 Å². The number of imide groups is 2. The Labute approximate surface area is 394 Å². The first-order chi connectivity index (χ1) is 32.7. The minimum Gasteiger partial charge on any atom is -0.381 e. The standard InChI is InChI=1S/C52H56N10O6/c1-30-24-34(7-8-35(30)27-53-47(65)48-56-51(59-68-48)52(2,3)4)45-41-25-33(11-16-42(41)57-58-45)32-9-13-38(14-10-32)61-22-19-31(20-23-61)28-60-21-5-6-37(29-60)54-36-12-15-39-40(26-36)50(67)62(49(39)66)43-17-18-44(63)55-46(43)64/h7-16,24-26,31,37,43,54H,5-6,17-23,27-29H2,1-4H3,(H,53,65)(H,57,58)(H,55,63,64)/t37-,43?/m0/s1. The summed E-state index contributed by atoms with van der Waals surface area (Å²) in [5, 5.41) is 21.7. The van der Waals surface area contributed by atoms with Crippen LogP contribution in [0.15, 0.2) is 83.4 Å². The summed E-state index contributed by atoms with van der Waals surface area (Å²) in [5.41, 5.74) is 9.34. The quantitative estimate of drug-likeness (QED) is 0.0972. The molecule has 2 atom stereocenters. The summed E-state index contributed by atoms with van der Waals surface area (Å²) in [7, 11) is 0. The van der Waals surface area contributed by atoms with Crippen LogP contribution in [0.5, 0.6) is 0 Å². The average Bonchev–Trinajstić information content (AvgIpc) is 4.06. The Bertz CT molecular complexity index is 2940. The summed E-state index contributed by atoms with van der Waals surface area (Å²) in [6.07, 6.45) is 4.54. The number of rotatable bonds is 11. The Kier molecular flexibility index (Phi) is 11.9. The molecule has 0 bridgehead atoms. The van der Waals surface area contributed by atoms with E-state index in [0.717, 1.165) is 113 Å². The summed E-state index contributed by atoms with van der Waals surface area (Å²) in [6, 6.07) is 25.9. The van der Waals surface area contributed by atoms with Gasteiger partial charge < -0.3 is 25.0 Å². The highest BCUT2D eigenvalue weighted by Crippen LogP contribution is 2.34. The summed E-state index contributed by atoms with van der Waals surface area (Å²) < 4.78 is 5.21. The van der Waals surface area contributed by atoms with Gasteiger partial charge >= 0.3 is 11.8 Å². The lowest BCUT2D eigenvalue weighted by Crippen LogP contribution is -2.54. The second-order valence-electron chi connectivity index (χ2n) is 19.8. The molecule has 350 valence electrons. The zero-order valence-electron chi connectivity index (χ0n) is 38.9. The minimum absolute atomic E-state index is 0.0460. The fourth-order valence-electron chi connectivity index (χ4n) is 10.1. The molecule has 6 aromatic rings. The van der Waals surface area contributed by atoms with E-state index < -0.39 is 35.6 Å². The third kappa shape index (κ3) is 8.99. The first kappa shape index (κ1) is 44.6. The van der Waals surface area contributed by atoms with Crippen LogP contribution in [0.4, 0.5) is 11.4 Å². The molecule has 4 aliphatic rings. The molecule has 3 saturated heterocycles. The van der Waals surface area contributed by atoms with Crippen molar-refractivity contribution >= 4 is 51.8 Å². The van der Waals surface area contributed by atoms with Gasteiger partial charge in [0.1, 0.15) is 6.04 Å². The van der Waals surface area contributed by atoms with E-state index in [1.54, 1.807) is 12.1 Å². The molecule has 0 aliphatic carbocycles. The van der Waals surface area contributed by atoms with Gasteiger partial charge in [-0.05, 0) is 122 Å². The SMILES string of the molecule is Cc1cc(-c2n[nH]c3ccc(-c4ccc(N5CCC(CN6CCC[C@H](Nc7ccc8c(c7)C(=O)N(C7CCC(=O)NC7=O)C8=O)C6)CC5)cc4)cc23)ccc1CNC(=O)c1nc(C(C)(C)C)no1. The van der Waals surface area contributed by atoms with Crippen molar-refractivity contribution in [3.05, 3.63) is 113 Å². The van der Waals surface area contributed by atoms with Crippen molar-refractivity contribution in [3.63, 3.8) is 0 Å². The number of H-pyrrole nitrogens is 1. The van der Waals surface area contributed by atoms with Crippen molar-refractivity contribution < 1.29 is 28.5 Å². The van der Waals surface area contributed by atoms with Crippen LogP contribution in [-0.2, 0) is 21.5 Å². The minimum atomic E-state index is -0.978. The molecule has 68 heavy (non-hydrogen) atoms. The highest BCUT2D eigenvalue weighted by Gasteiger charge is 2.45. The summed E-state index contributed by atoms with van der Waals surface area (Å²) in [6.45, 7) is 13.3. The fourth-order valence-corrected chi connectivity index (χ4v) is 10.1. The van der Waals surface area contributed by atoms with Gasteiger partial charge in [-0.15, -0.1) is 0 Å². The lowest BCUT2D eigenvalue weighted by molar-refractivity contribution is -0.136. The second kappa shape index (κ2) is 18.1. The number of piperidine rings is 3. The van der Waals surface area contributed by atoms with E-state index in [0.29, 0.717) is 18.3 Å². The van der Waals surface area contributed by atoms with Crippen LogP contribution in [0.3, 0.4) is 0 Å². The Morgan fingerprint density at radius 3 is 2.35 bits per heavy atom. The van der Waals surface area contributed by atoms with Crippen LogP contribution in [0, 0.1) is 12.8 Å². The predicted octanol–water partition coefficient (Wildman–Crippen LogP) is 7.01. The Morgan fingerprint density at radius 1 is 0.838 bits per heavy atom. The summed E-state index contributed by atoms with van der Waals surface area (Å²) >= 11 is 0. The number of aryl methyl sites for hydroxylation is 1. The third-order valence-electron chi connectivity index (χ3n) is 13.9.